The number of ether oxygens (including phenoxy) is 1. The van der Waals surface area contributed by atoms with Crippen LogP contribution in [0.15, 0.2) is 0 Å². The molecule has 5 rings (SSSR count). The van der Waals surface area contributed by atoms with Crippen LogP contribution in [0.5, 0.6) is 0 Å². The zero-order valence-electron chi connectivity index (χ0n) is 20.9. The highest BCUT2D eigenvalue weighted by molar-refractivity contribution is 5.76. The first kappa shape index (κ1) is 24.9. The van der Waals surface area contributed by atoms with E-state index in [1.807, 2.05) is 11.8 Å². The molecule has 34 heavy (non-hydrogen) atoms. The van der Waals surface area contributed by atoms with Crippen molar-refractivity contribution in [1.82, 2.24) is 4.90 Å². The van der Waals surface area contributed by atoms with Crippen LogP contribution in [0.1, 0.15) is 78.1 Å². The van der Waals surface area contributed by atoms with E-state index in [2.05, 4.69) is 6.92 Å². The maximum atomic E-state index is 14.7. The van der Waals surface area contributed by atoms with Crippen LogP contribution in [0.25, 0.3) is 0 Å². The molecule has 7 heteroatoms. The van der Waals surface area contributed by atoms with Crippen LogP contribution in [-0.4, -0.2) is 65.5 Å². The molecule has 2 N–H and O–H groups in total. The van der Waals surface area contributed by atoms with Crippen molar-refractivity contribution in [3.63, 3.8) is 0 Å². The van der Waals surface area contributed by atoms with Gasteiger partial charge in [-0.2, -0.15) is 0 Å². The fourth-order valence-corrected chi connectivity index (χ4v) is 9.28. The van der Waals surface area contributed by atoms with Crippen molar-refractivity contribution in [2.24, 2.45) is 40.4 Å². The Balaban J connectivity index is 1.25. The second-order valence-corrected chi connectivity index (χ2v) is 12.7. The lowest BCUT2D eigenvalue weighted by Gasteiger charge is -2.63. The number of amides is 1. The molecule has 194 valence electrons. The van der Waals surface area contributed by atoms with E-state index < -0.39 is 23.5 Å². The second kappa shape index (κ2) is 8.95. The number of rotatable bonds is 4. The van der Waals surface area contributed by atoms with Gasteiger partial charge in [-0.25, -0.2) is 8.78 Å². The van der Waals surface area contributed by atoms with Gasteiger partial charge in [-0.3, -0.25) is 4.79 Å². The number of fused-ring (bicyclic) bond motifs is 5. The summed E-state index contributed by atoms with van der Waals surface area (Å²) in [4.78, 5) is 14.5. The fraction of sp³-hybridized carbons (Fsp3) is 0.963. The number of carbonyl (C=O) groups excluding carboxylic acids is 1. The summed E-state index contributed by atoms with van der Waals surface area (Å²) in [6.07, 6.45) is 4.91. The summed E-state index contributed by atoms with van der Waals surface area (Å²) in [7, 11) is 0. The molecule has 0 aromatic heterocycles. The second-order valence-electron chi connectivity index (χ2n) is 12.7. The van der Waals surface area contributed by atoms with Gasteiger partial charge in [0.1, 0.15) is 6.10 Å². The third-order valence-electron chi connectivity index (χ3n) is 11.2. The maximum Gasteiger partial charge on any atom is 0.274 e. The Hall–Kier alpha value is -0.790. The van der Waals surface area contributed by atoms with Crippen molar-refractivity contribution in [1.29, 1.82) is 0 Å². The Morgan fingerprint density at radius 2 is 1.74 bits per heavy atom. The third kappa shape index (κ3) is 4.02. The van der Waals surface area contributed by atoms with Crippen LogP contribution in [0, 0.1) is 40.4 Å². The van der Waals surface area contributed by atoms with Gasteiger partial charge in [-0.1, -0.05) is 13.8 Å². The van der Waals surface area contributed by atoms with Crippen LogP contribution in [0.4, 0.5) is 8.78 Å². The van der Waals surface area contributed by atoms with Crippen LogP contribution in [-0.2, 0) is 9.53 Å². The molecular weight excluding hydrogens is 440 g/mol. The van der Waals surface area contributed by atoms with Crippen molar-refractivity contribution < 1.29 is 28.5 Å². The molecule has 1 heterocycles. The van der Waals surface area contributed by atoms with Gasteiger partial charge < -0.3 is 19.8 Å². The van der Waals surface area contributed by atoms with Crippen molar-refractivity contribution in [3.05, 3.63) is 0 Å². The largest absolute Gasteiger partial charge is 0.393 e. The van der Waals surface area contributed by atoms with Crippen molar-refractivity contribution >= 4 is 5.91 Å². The van der Waals surface area contributed by atoms with Gasteiger partial charge in [0, 0.05) is 25.9 Å². The lowest BCUT2D eigenvalue weighted by molar-refractivity contribution is -0.235. The molecule has 0 aromatic rings. The minimum Gasteiger partial charge on any atom is -0.393 e. The highest BCUT2D eigenvalue weighted by Crippen LogP contribution is 2.68. The summed E-state index contributed by atoms with van der Waals surface area (Å²) in [6.45, 7) is 7.04. The van der Waals surface area contributed by atoms with Gasteiger partial charge in [0.15, 0.2) is 0 Å². The van der Waals surface area contributed by atoms with E-state index in [0.717, 1.165) is 38.5 Å². The summed E-state index contributed by atoms with van der Waals surface area (Å²) in [5.41, 5.74) is -0.402. The summed E-state index contributed by atoms with van der Waals surface area (Å²) in [5.74, 6) is -1.78. The highest BCUT2D eigenvalue weighted by Gasteiger charge is 2.65. The minimum atomic E-state index is -3.04. The van der Waals surface area contributed by atoms with Gasteiger partial charge in [-0.15, -0.1) is 0 Å². The first-order valence-corrected chi connectivity index (χ1v) is 13.7. The zero-order valence-corrected chi connectivity index (χ0v) is 20.9. The third-order valence-corrected chi connectivity index (χ3v) is 11.2. The molecule has 0 aromatic carbocycles. The van der Waals surface area contributed by atoms with Gasteiger partial charge in [0.05, 0.1) is 19.3 Å². The number of aliphatic hydroxyl groups excluding tert-OH is 2. The van der Waals surface area contributed by atoms with E-state index in [0.29, 0.717) is 51.0 Å². The Morgan fingerprint density at radius 1 is 1.03 bits per heavy atom. The summed E-state index contributed by atoms with van der Waals surface area (Å²) < 4.78 is 34.7. The maximum absolute atomic E-state index is 14.7. The Kier molecular flexibility index (Phi) is 6.55. The predicted octanol–water partition coefficient (Wildman–Crippen LogP) is 4.25. The zero-order chi connectivity index (χ0) is 24.3. The first-order chi connectivity index (χ1) is 16.1. The molecule has 5 fully saturated rings. The molecule has 4 aliphatic carbocycles. The molecule has 9 unspecified atom stereocenters. The van der Waals surface area contributed by atoms with Crippen LogP contribution in [0.2, 0.25) is 0 Å². The summed E-state index contributed by atoms with van der Waals surface area (Å²) >= 11 is 0. The van der Waals surface area contributed by atoms with Gasteiger partial charge in [-0.05, 0) is 91.8 Å². The average Bonchev–Trinajstić information content (AvgIpc) is 3.12. The number of nitrogens with zero attached hydrogens (tertiary/aromatic N) is 1. The normalized spacial score (nSPS) is 48.1. The molecule has 1 aliphatic heterocycles. The lowest BCUT2D eigenvalue weighted by Crippen LogP contribution is -2.61. The van der Waals surface area contributed by atoms with E-state index >= 15 is 0 Å². The van der Waals surface area contributed by atoms with Crippen LogP contribution in [0.3, 0.4) is 0 Å². The predicted molar refractivity (Wildman–Crippen MR) is 124 cm³/mol. The molecule has 5 aliphatic rings. The van der Waals surface area contributed by atoms with Crippen molar-refractivity contribution in [2.75, 3.05) is 26.3 Å². The summed E-state index contributed by atoms with van der Waals surface area (Å²) in [5, 5.41) is 21.3. The monoisotopic (exact) mass is 483 g/mol. The molecule has 0 radical (unpaired) electrons. The highest BCUT2D eigenvalue weighted by atomic mass is 19.3. The molecular formula is C27H43F2NO4. The molecule has 1 saturated heterocycles. The standard InChI is InChI=1S/C27H43F2NO4/c1-25-9-8-20-24(21(31)14-18-15-22(32)27(28,29)16-26(18,20)2)19(25)7-6-17(25)4-3-5-23(33)30-10-12-34-13-11-30/h17-22,24,31-32H,3-16H2,1-2H3. The first-order valence-electron chi connectivity index (χ1n) is 13.7. The van der Waals surface area contributed by atoms with Crippen molar-refractivity contribution in [2.45, 2.75) is 96.2 Å². The summed E-state index contributed by atoms with van der Waals surface area (Å²) in [6, 6.07) is 0. The van der Waals surface area contributed by atoms with E-state index in [4.69, 9.17) is 4.74 Å². The number of carbonyl (C=O) groups is 1. The van der Waals surface area contributed by atoms with E-state index in [-0.39, 0.29) is 41.9 Å². The molecule has 0 spiro atoms. The number of halogens is 2. The van der Waals surface area contributed by atoms with Crippen molar-refractivity contribution in [3.8, 4) is 0 Å². The number of alkyl halides is 2. The van der Waals surface area contributed by atoms with E-state index in [1.54, 1.807) is 0 Å². The molecule has 5 nitrogen and oxygen atoms in total. The fourth-order valence-electron chi connectivity index (χ4n) is 9.28. The van der Waals surface area contributed by atoms with Gasteiger partial charge in [0.2, 0.25) is 5.91 Å². The van der Waals surface area contributed by atoms with Gasteiger partial charge >= 0.3 is 0 Å². The molecule has 0 bridgehead atoms. The number of hydrogen-bond donors (Lipinski definition) is 2. The number of aliphatic hydroxyl groups is 2. The van der Waals surface area contributed by atoms with E-state index in [9.17, 15) is 23.8 Å². The van der Waals surface area contributed by atoms with Crippen LogP contribution >= 0.6 is 0 Å². The Bertz CT molecular complexity index is 774. The molecule has 4 saturated carbocycles. The topological polar surface area (TPSA) is 70.0 Å². The lowest BCUT2D eigenvalue weighted by atomic mass is 9.43. The van der Waals surface area contributed by atoms with Gasteiger partial charge in [0.25, 0.3) is 5.92 Å². The quantitative estimate of drug-likeness (QED) is 0.627. The smallest absolute Gasteiger partial charge is 0.274 e. The minimum absolute atomic E-state index is 0.0360. The molecule has 1 amide bonds. The molecule has 9 atom stereocenters. The Labute approximate surface area is 202 Å². The van der Waals surface area contributed by atoms with E-state index in [1.165, 1.54) is 0 Å². The number of morpholine rings is 1. The Morgan fingerprint density at radius 3 is 2.47 bits per heavy atom. The van der Waals surface area contributed by atoms with Crippen LogP contribution < -0.4 is 0 Å². The average molecular weight is 484 g/mol. The number of hydrogen-bond acceptors (Lipinski definition) is 4. The SMILES string of the molecule is CC12CCC3C(C(O)CC4CC(O)C(F)(F)CC43C)C1CCC2CCCC(=O)N1CCOCC1.